The minimum absolute atomic E-state index is 0.0296. The number of hydrogen-bond donors (Lipinski definition) is 0. The average Bonchev–Trinajstić information content (AvgIpc) is 2.08. The topological polar surface area (TPSA) is 53.3 Å². The molecule has 84 valence electrons. The molecule has 1 aliphatic heterocycles. The van der Waals surface area contributed by atoms with Crippen LogP contribution in [0.1, 0.15) is 13.3 Å². The van der Waals surface area contributed by atoms with Gasteiger partial charge in [-0.05, 0) is 6.42 Å². The number of hydroxylamine groups is 2. The number of carbonyl (C=O) groups excluding carboxylic acids is 1. The lowest BCUT2D eigenvalue weighted by Gasteiger charge is -2.42. The molecular weight excluding hydrogens is 213 g/mol. The van der Waals surface area contributed by atoms with E-state index in [9.17, 15) is 18.0 Å². The van der Waals surface area contributed by atoms with Crippen LogP contribution in [0.4, 0.5) is 13.2 Å². The zero-order chi connectivity index (χ0) is 11.7. The van der Waals surface area contributed by atoms with E-state index in [2.05, 4.69) is 4.84 Å². The SMILES string of the molecule is CCC1(C#N)CN(OC(=O)C(F)(F)F)C1. The van der Waals surface area contributed by atoms with Crippen molar-refractivity contribution in [2.75, 3.05) is 13.1 Å². The summed E-state index contributed by atoms with van der Waals surface area (Å²) in [6.07, 6.45) is -4.47. The van der Waals surface area contributed by atoms with Gasteiger partial charge in [0.05, 0.1) is 24.6 Å². The fraction of sp³-hybridized carbons (Fsp3) is 0.750. The highest BCUT2D eigenvalue weighted by Crippen LogP contribution is 2.33. The maximum Gasteiger partial charge on any atom is 0.492 e. The Morgan fingerprint density at radius 1 is 1.60 bits per heavy atom. The summed E-state index contributed by atoms with van der Waals surface area (Å²) in [5.41, 5.74) is -0.675. The Morgan fingerprint density at radius 2 is 2.13 bits per heavy atom. The van der Waals surface area contributed by atoms with E-state index in [1.807, 2.05) is 6.07 Å². The Bertz CT molecular complexity index is 302. The van der Waals surface area contributed by atoms with E-state index in [4.69, 9.17) is 5.26 Å². The normalized spacial score (nSPS) is 20.2. The van der Waals surface area contributed by atoms with Gasteiger partial charge in [0.2, 0.25) is 0 Å². The Morgan fingerprint density at radius 3 is 2.47 bits per heavy atom. The molecule has 0 aromatic heterocycles. The van der Waals surface area contributed by atoms with Gasteiger partial charge >= 0.3 is 12.1 Å². The molecule has 0 N–H and O–H groups in total. The number of rotatable bonds is 2. The lowest BCUT2D eigenvalue weighted by Crippen LogP contribution is -2.56. The summed E-state index contributed by atoms with van der Waals surface area (Å²) in [5, 5.41) is 9.56. The second-order valence-electron chi connectivity index (χ2n) is 3.42. The molecule has 1 saturated heterocycles. The summed E-state index contributed by atoms with van der Waals surface area (Å²) in [7, 11) is 0. The van der Waals surface area contributed by atoms with Crippen molar-refractivity contribution in [1.82, 2.24) is 5.06 Å². The van der Waals surface area contributed by atoms with Crippen molar-refractivity contribution in [3.63, 3.8) is 0 Å². The number of nitriles is 1. The molecule has 0 unspecified atom stereocenters. The van der Waals surface area contributed by atoms with E-state index < -0.39 is 17.6 Å². The quantitative estimate of drug-likeness (QED) is 0.705. The minimum Gasteiger partial charge on any atom is -0.361 e. The van der Waals surface area contributed by atoms with Gasteiger partial charge in [0.25, 0.3) is 0 Å². The van der Waals surface area contributed by atoms with Crippen LogP contribution in [-0.4, -0.2) is 30.3 Å². The molecule has 1 rings (SSSR count). The van der Waals surface area contributed by atoms with E-state index in [1.165, 1.54) is 0 Å². The van der Waals surface area contributed by atoms with Gasteiger partial charge in [-0.3, -0.25) is 0 Å². The van der Waals surface area contributed by atoms with Crippen molar-refractivity contribution in [3.8, 4) is 6.07 Å². The smallest absolute Gasteiger partial charge is 0.361 e. The monoisotopic (exact) mass is 222 g/mol. The largest absolute Gasteiger partial charge is 0.492 e. The second-order valence-corrected chi connectivity index (χ2v) is 3.42. The number of nitrogens with zero attached hydrogens (tertiary/aromatic N) is 2. The number of alkyl halides is 3. The zero-order valence-electron chi connectivity index (χ0n) is 7.97. The van der Waals surface area contributed by atoms with Gasteiger partial charge < -0.3 is 4.84 Å². The number of carbonyl (C=O) groups is 1. The third kappa shape index (κ3) is 2.39. The zero-order valence-corrected chi connectivity index (χ0v) is 7.97. The van der Waals surface area contributed by atoms with Crippen LogP contribution in [0.15, 0.2) is 0 Å². The highest BCUT2D eigenvalue weighted by atomic mass is 19.4. The number of hydrogen-bond acceptors (Lipinski definition) is 4. The molecule has 0 amide bonds. The van der Waals surface area contributed by atoms with Gasteiger partial charge in [-0.1, -0.05) is 6.92 Å². The van der Waals surface area contributed by atoms with E-state index >= 15 is 0 Å². The highest BCUT2D eigenvalue weighted by Gasteiger charge is 2.48. The molecule has 0 bridgehead atoms. The average molecular weight is 222 g/mol. The number of halogens is 3. The first-order valence-corrected chi connectivity index (χ1v) is 4.28. The molecule has 0 saturated carbocycles. The molecule has 1 aliphatic rings. The predicted molar refractivity (Wildman–Crippen MR) is 42.1 cm³/mol. The van der Waals surface area contributed by atoms with Crippen LogP contribution in [0, 0.1) is 16.7 Å². The van der Waals surface area contributed by atoms with Crippen LogP contribution in [0.2, 0.25) is 0 Å². The first kappa shape index (κ1) is 11.8. The van der Waals surface area contributed by atoms with E-state index in [-0.39, 0.29) is 13.1 Å². The first-order valence-electron chi connectivity index (χ1n) is 4.28. The van der Waals surface area contributed by atoms with Gasteiger partial charge in [0.15, 0.2) is 0 Å². The van der Waals surface area contributed by atoms with Crippen molar-refractivity contribution in [2.45, 2.75) is 19.5 Å². The summed E-state index contributed by atoms with van der Waals surface area (Å²) < 4.78 is 35.3. The van der Waals surface area contributed by atoms with Gasteiger partial charge in [0.1, 0.15) is 0 Å². The predicted octanol–water partition coefficient (Wildman–Crippen LogP) is 1.24. The lowest BCUT2D eigenvalue weighted by molar-refractivity contribution is -0.266. The van der Waals surface area contributed by atoms with E-state index in [1.54, 1.807) is 6.92 Å². The standard InChI is InChI=1S/C8H9F3N2O2/c1-2-7(3-12)4-13(5-7)15-6(14)8(9,10)11/h2,4-5H2,1H3. The van der Waals surface area contributed by atoms with E-state index in [0.717, 1.165) is 5.06 Å². The highest BCUT2D eigenvalue weighted by molar-refractivity contribution is 5.75. The van der Waals surface area contributed by atoms with Crippen molar-refractivity contribution in [2.24, 2.45) is 5.41 Å². The van der Waals surface area contributed by atoms with Crippen molar-refractivity contribution >= 4 is 5.97 Å². The van der Waals surface area contributed by atoms with Crippen molar-refractivity contribution in [1.29, 1.82) is 5.26 Å². The molecule has 0 aromatic rings. The van der Waals surface area contributed by atoms with Crippen LogP contribution in [0.5, 0.6) is 0 Å². The molecule has 7 heteroatoms. The molecule has 1 fully saturated rings. The van der Waals surface area contributed by atoms with Crippen LogP contribution in [0.25, 0.3) is 0 Å². The molecule has 15 heavy (non-hydrogen) atoms. The molecule has 1 heterocycles. The van der Waals surface area contributed by atoms with Gasteiger partial charge in [0, 0.05) is 0 Å². The fourth-order valence-corrected chi connectivity index (χ4v) is 1.24. The Hall–Kier alpha value is -1.29. The summed E-state index contributed by atoms with van der Waals surface area (Å²) in [6, 6.07) is 1.99. The molecule has 0 spiro atoms. The fourth-order valence-electron chi connectivity index (χ4n) is 1.24. The Labute approximate surface area is 84.2 Å². The third-order valence-corrected chi connectivity index (χ3v) is 2.32. The lowest BCUT2D eigenvalue weighted by atomic mass is 9.80. The Balaban J connectivity index is 2.42. The molecule has 0 aliphatic carbocycles. The van der Waals surface area contributed by atoms with Crippen LogP contribution in [-0.2, 0) is 9.63 Å². The van der Waals surface area contributed by atoms with E-state index in [0.29, 0.717) is 6.42 Å². The molecule has 0 radical (unpaired) electrons. The molecule has 4 nitrogen and oxygen atoms in total. The van der Waals surface area contributed by atoms with Gasteiger partial charge in [-0.2, -0.15) is 18.4 Å². The molecule has 0 atom stereocenters. The maximum atomic E-state index is 11.8. The molecule has 0 aromatic carbocycles. The maximum absolute atomic E-state index is 11.8. The van der Waals surface area contributed by atoms with Gasteiger partial charge in [-0.25, -0.2) is 4.79 Å². The van der Waals surface area contributed by atoms with Crippen molar-refractivity contribution < 1.29 is 22.8 Å². The third-order valence-electron chi connectivity index (χ3n) is 2.32. The second kappa shape index (κ2) is 3.70. The summed E-state index contributed by atoms with van der Waals surface area (Å²) in [4.78, 5) is 14.4. The Kier molecular flexibility index (Phi) is 2.90. The van der Waals surface area contributed by atoms with Crippen LogP contribution >= 0.6 is 0 Å². The van der Waals surface area contributed by atoms with Crippen LogP contribution < -0.4 is 0 Å². The summed E-state index contributed by atoms with van der Waals surface area (Å²) in [5.74, 6) is -2.25. The summed E-state index contributed by atoms with van der Waals surface area (Å²) in [6.45, 7) is 1.82. The van der Waals surface area contributed by atoms with Gasteiger partial charge in [-0.15, -0.1) is 5.06 Å². The minimum atomic E-state index is -4.99. The first-order chi connectivity index (χ1) is 6.83. The summed E-state index contributed by atoms with van der Waals surface area (Å²) >= 11 is 0. The van der Waals surface area contributed by atoms with Crippen LogP contribution in [0.3, 0.4) is 0 Å². The molecular formula is C8H9F3N2O2. The van der Waals surface area contributed by atoms with Crippen molar-refractivity contribution in [3.05, 3.63) is 0 Å².